The van der Waals surface area contributed by atoms with E-state index in [4.69, 9.17) is 4.74 Å². The Hall–Kier alpha value is -1.61. The number of anilines is 1. The summed E-state index contributed by atoms with van der Waals surface area (Å²) in [5, 5.41) is 6.13. The Morgan fingerprint density at radius 2 is 2.30 bits per heavy atom. The van der Waals surface area contributed by atoms with Crippen LogP contribution in [0.5, 0.6) is 0 Å². The van der Waals surface area contributed by atoms with Crippen molar-refractivity contribution in [3.63, 3.8) is 0 Å². The van der Waals surface area contributed by atoms with Gasteiger partial charge in [0, 0.05) is 41.5 Å². The van der Waals surface area contributed by atoms with Crippen LogP contribution in [0.25, 0.3) is 10.8 Å². The predicted octanol–water partition coefficient (Wildman–Crippen LogP) is 3.99. The standard InChI is InChI=1S/C17H22N2O/c1-3-17(2)11-14(8-10-20-17)19-16-6-4-5-13-12-18-9-7-15(13)16/h4-7,9,12,14,19H,3,8,10-11H2,1-2H3. The van der Waals surface area contributed by atoms with E-state index in [9.17, 15) is 0 Å². The van der Waals surface area contributed by atoms with Crippen molar-refractivity contribution >= 4 is 16.5 Å². The van der Waals surface area contributed by atoms with Gasteiger partial charge in [-0.15, -0.1) is 0 Å². The van der Waals surface area contributed by atoms with E-state index in [0.29, 0.717) is 6.04 Å². The second-order valence-electron chi connectivity index (χ2n) is 5.89. The van der Waals surface area contributed by atoms with Gasteiger partial charge in [0.15, 0.2) is 0 Å². The van der Waals surface area contributed by atoms with Gasteiger partial charge in [-0.1, -0.05) is 19.1 Å². The highest BCUT2D eigenvalue weighted by molar-refractivity contribution is 5.93. The highest BCUT2D eigenvalue weighted by Crippen LogP contribution is 2.31. The number of fused-ring (bicyclic) bond motifs is 1. The van der Waals surface area contributed by atoms with Gasteiger partial charge in [-0.05, 0) is 38.3 Å². The van der Waals surface area contributed by atoms with Crippen LogP contribution in [0.2, 0.25) is 0 Å². The number of benzene rings is 1. The summed E-state index contributed by atoms with van der Waals surface area (Å²) in [6.07, 6.45) is 6.96. The minimum Gasteiger partial charge on any atom is -0.382 e. The van der Waals surface area contributed by atoms with E-state index in [1.54, 1.807) is 0 Å². The second-order valence-corrected chi connectivity index (χ2v) is 5.89. The van der Waals surface area contributed by atoms with Crippen LogP contribution in [-0.2, 0) is 4.74 Å². The fourth-order valence-electron chi connectivity index (χ4n) is 2.97. The van der Waals surface area contributed by atoms with Gasteiger partial charge in [-0.3, -0.25) is 4.98 Å². The number of ether oxygens (including phenoxy) is 1. The van der Waals surface area contributed by atoms with E-state index >= 15 is 0 Å². The molecular weight excluding hydrogens is 248 g/mol. The molecule has 0 radical (unpaired) electrons. The van der Waals surface area contributed by atoms with Gasteiger partial charge in [0.1, 0.15) is 0 Å². The van der Waals surface area contributed by atoms with Gasteiger partial charge in [0.25, 0.3) is 0 Å². The molecule has 1 aliphatic heterocycles. The quantitative estimate of drug-likeness (QED) is 0.915. The Morgan fingerprint density at radius 1 is 1.40 bits per heavy atom. The Labute approximate surface area is 120 Å². The van der Waals surface area contributed by atoms with Crippen molar-refractivity contribution in [1.29, 1.82) is 0 Å². The lowest BCUT2D eigenvalue weighted by molar-refractivity contribution is -0.0708. The third-order valence-corrected chi connectivity index (χ3v) is 4.38. The van der Waals surface area contributed by atoms with E-state index in [1.165, 1.54) is 16.5 Å². The van der Waals surface area contributed by atoms with E-state index < -0.39 is 0 Å². The molecule has 0 bridgehead atoms. The average Bonchev–Trinajstić information content (AvgIpc) is 2.48. The normalized spacial score (nSPS) is 26.6. The van der Waals surface area contributed by atoms with E-state index in [2.05, 4.69) is 48.4 Å². The van der Waals surface area contributed by atoms with Crippen molar-refractivity contribution in [2.75, 3.05) is 11.9 Å². The van der Waals surface area contributed by atoms with Crippen LogP contribution >= 0.6 is 0 Å². The molecule has 1 N–H and O–H groups in total. The first-order chi connectivity index (χ1) is 9.70. The van der Waals surface area contributed by atoms with Crippen LogP contribution < -0.4 is 5.32 Å². The number of nitrogens with zero attached hydrogens (tertiary/aromatic N) is 1. The molecule has 20 heavy (non-hydrogen) atoms. The maximum absolute atomic E-state index is 5.92. The molecule has 1 aromatic heterocycles. The van der Waals surface area contributed by atoms with Crippen molar-refractivity contribution < 1.29 is 4.74 Å². The molecule has 3 nitrogen and oxygen atoms in total. The Bertz CT molecular complexity index is 593. The molecule has 0 aliphatic carbocycles. The average molecular weight is 270 g/mol. The minimum atomic E-state index is 0.0159. The van der Waals surface area contributed by atoms with E-state index in [-0.39, 0.29) is 5.60 Å². The zero-order chi connectivity index (χ0) is 14.0. The monoisotopic (exact) mass is 270 g/mol. The first-order valence-electron chi connectivity index (χ1n) is 7.43. The lowest BCUT2D eigenvalue weighted by Crippen LogP contribution is -2.41. The highest BCUT2D eigenvalue weighted by Gasteiger charge is 2.31. The maximum atomic E-state index is 5.92. The van der Waals surface area contributed by atoms with Crippen LogP contribution in [0.3, 0.4) is 0 Å². The maximum Gasteiger partial charge on any atom is 0.0671 e. The molecule has 2 aromatic rings. The zero-order valence-corrected chi connectivity index (χ0v) is 12.2. The van der Waals surface area contributed by atoms with Crippen LogP contribution in [0.1, 0.15) is 33.1 Å². The minimum absolute atomic E-state index is 0.0159. The fraction of sp³-hybridized carbons (Fsp3) is 0.471. The lowest BCUT2D eigenvalue weighted by atomic mass is 9.89. The number of hydrogen-bond acceptors (Lipinski definition) is 3. The molecule has 2 atom stereocenters. The molecule has 106 valence electrons. The Balaban J connectivity index is 1.83. The SMILES string of the molecule is CCC1(C)CC(Nc2cccc3cnccc23)CCO1. The Morgan fingerprint density at radius 3 is 3.15 bits per heavy atom. The van der Waals surface area contributed by atoms with Crippen molar-refractivity contribution in [1.82, 2.24) is 4.98 Å². The van der Waals surface area contributed by atoms with Gasteiger partial charge in [0.2, 0.25) is 0 Å². The summed E-state index contributed by atoms with van der Waals surface area (Å²) in [5.74, 6) is 0. The van der Waals surface area contributed by atoms with Crippen molar-refractivity contribution in [3.8, 4) is 0 Å². The number of rotatable bonds is 3. The van der Waals surface area contributed by atoms with Crippen molar-refractivity contribution in [2.45, 2.75) is 44.8 Å². The molecule has 1 aromatic carbocycles. The van der Waals surface area contributed by atoms with Gasteiger partial charge in [-0.25, -0.2) is 0 Å². The molecule has 1 aliphatic rings. The number of hydrogen-bond donors (Lipinski definition) is 1. The van der Waals surface area contributed by atoms with Crippen LogP contribution in [0.4, 0.5) is 5.69 Å². The fourth-order valence-corrected chi connectivity index (χ4v) is 2.97. The Kier molecular flexibility index (Phi) is 3.62. The van der Waals surface area contributed by atoms with Crippen LogP contribution in [0, 0.1) is 0 Å². The zero-order valence-electron chi connectivity index (χ0n) is 12.2. The molecular formula is C17H22N2O. The second kappa shape index (κ2) is 5.41. The predicted molar refractivity (Wildman–Crippen MR) is 83.0 cm³/mol. The van der Waals surface area contributed by atoms with Gasteiger partial charge in [-0.2, -0.15) is 0 Å². The topological polar surface area (TPSA) is 34.2 Å². The summed E-state index contributed by atoms with van der Waals surface area (Å²) >= 11 is 0. The summed E-state index contributed by atoms with van der Waals surface area (Å²) in [6.45, 7) is 5.26. The van der Waals surface area contributed by atoms with Gasteiger partial charge in [0.05, 0.1) is 5.60 Å². The summed E-state index contributed by atoms with van der Waals surface area (Å²) in [5.41, 5.74) is 1.22. The van der Waals surface area contributed by atoms with Gasteiger partial charge >= 0.3 is 0 Å². The number of pyridine rings is 1. The van der Waals surface area contributed by atoms with Crippen molar-refractivity contribution in [2.24, 2.45) is 0 Å². The first kappa shape index (κ1) is 13.4. The third-order valence-electron chi connectivity index (χ3n) is 4.38. The van der Waals surface area contributed by atoms with Crippen molar-refractivity contribution in [3.05, 3.63) is 36.7 Å². The van der Waals surface area contributed by atoms with E-state index in [0.717, 1.165) is 25.9 Å². The highest BCUT2D eigenvalue weighted by atomic mass is 16.5. The van der Waals surface area contributed by atoms with Crippen LogP contribution in [0.15, 0.2) is 36.7 Å². The largest absolute Gasteiger partial charge is 0.382 e. The number of nitrogens with one attached hydrogen (secondary N) is 1. The first-order valence-corrected chi connectivity index (χ1v) is 7.43. The van der Waals surface area contributed by atoms with Gasteiger partial charge < -0.3 is 10.1 Å². The molecule has 1 saturated heterocycles. The third kappa shape index (κ3) is 2.63. The summed E-state index contributed by atoms with van der Waals surface area (Å²) in [7, 11) is 0. The molecule has 3 rings (SSSR count). The summed E-state index contributed by atoms with van der Waals surface area (Å²) < 4.78 is 5.92. The number of aromatic nitrogens is 1. The smallest absolute Gasteiger partial charge is 0.0671 e. The molecule has 0 amide bonds. The van der Waals surface area contributed by atoms with Crippen LogP contribution in [-0.4, -0.2) is 23.2 Å². The molecule has 2 heterocycles. The lowest BCUT2D eigenvalue weighted by Gasteiger charge is -2.38. The molecule has 0 spiro atoms. The molecule has 2 unspecified atom stereocenters. The summed E-state index contributed by atoms with van der Waals surface area (Å²) in [6, 6.07) is 8.91. The van der Waals surface area contributed by atoms with E-state index in [1.807, 2.05) is 12.4 Å². The summed E-state index contributed by atoms with van der Waals surface area (Å²) in [4.78, 5) is 4.19. The molecule has 1 fully saturated rings. The molecule has 3 heteroatoms. The molecule has 0 saturated carbocycles.